The second-order valence-corrected chi connectivity index (χ2v) is 27.9. The predicted octanol–water partition coefficient (Wildman–Crippen LogP) is 10.2. The highest BCUT2D eigenvalue weighted by Gasteiger charge is 2.29. The molecule has 22 nitrogen and oxygen atoms in total. The molecule has 0 aliphatic carbocycles. The highest BCUT2D eigenvalue weighted by molar-refractivity contribution is 9.10. The van der Waals surface area contributed by atoms with Crippen LogP contribution in [0, 0.1) is 51.4 Å². The zero-order valence-corrected chi connectivity index (χ0v) is 54.6. The zero-order chi connectivity index (χ0) is 60.9. The van der Waals surface area contributed by atoms with Crippen molar-refractivity contribution in [3.8, 4) is 0 Å². The van der Waals surface area contributed by atoms with Crippen molar-refractivity contribution in [3.05, 3.63) is 79.8 Å². The fourth-order valence-corrected chi connectivity index (χ4v) is 14.5. The topological polar surface area (TPSA) is 266 Å². The third-order valence-corrected chi connectivity index (χ3v) is 19.1. The summed E-state index contributed by atoms with van der Waals surface area (Å²) in [6.45, 7) is 24.6. The van der Waals surface area contributed by atoms with Crippen molar-refractivity contribution in [2.75, 3.05) is 70.1 Å². The average molecular weight is 1310 g/mol. The summed E-state index contributed by atoms with van der Waals surface area (Å²) in [5, 5.41) is 11.9. The van der Waals surface area contributed by atoms with Gasteiger partial charge >= 0.3 is 6.09 Å². The maximum atomic E-state index is 12.2. The number of hydrogen-bond acceptors (Lipinski definition) is 16. The highest BCUT2D eigenvalue weighted by Crippen LogP contribution is 2.33. The summed E-state index contributed by atoms with van der Waals surface area (Å²) in [6.07, 6.45) is 21.1. The number of anilines is 2. The first-order chi connectivity index (χ1) is 40.4. The minimum absolute atomic E-state index is 0.161. The summed E-state index contributed by atoms with van der Waals surface area (Å²) in [5.41, 5.74) is 18.9. The molecule has 0 spiro atoms. The highest BCUT2D eigenvalue weighted by atomic mass is 79.9. The maximum Gasteiger partial charge on any atom is 0.410 e. The Hall–Kier alpha value is -5.47. The maximum absolute atomic E-state index is 12.2. The Morgan fingerprint density at radius 1 is 0.565 bits per heavy atom. The average Bonchev–Trinajstić information content (AvgIpc) is 4.39. The Morgan fingerprint density at radius 2 is 0.929 bits per heavy atom. The molecule has 0 aromatic carbocycles. The summed E-state index contributed by atoms with van der Waals surface area (Å²) in [5.74, 6) is 2.75. The number of aryl methyl sites for hydroxylation is 4. The van der Waals surface area contributed by atoms with E-state index in [1.165, 1.54) is 43.8 Å². The molecular weight excluding hydrogens is 1230 g/mol. The Morgan fingerprint density at radius 3 is 1.35 bits per heavy atom. The number of nitrogens with zero attached hydrogens (tertiary/aromatic N) is 14. The van der Waals surface area contributed by atoms with Crippen molar-refractivity contribution in [1.82, 2.24) is 78.0 Å². The number of rotatable bonds is 9. The van der Waals surface area contributed by atoms with E-state index >= 15 is 0 Å². The van der Waals surface area contributed by atoms with Crippen LogP contribution in [-0.4, -0.2) is 146 Å². The smallest absolute Gasteiger partial charge is 0.410 e. The number of fused-ring (bicyclic) bond motifs is 4. The molecule has 0 atom stereocenters. The molecule has 27 heteroatoms. The molecule has 4 aliphatic heterocycles. The number of ether oxygens (including phenoxy) is 1. The van der Waals surface area contributed by atoms with Gasteiger partial charge in [0.1, 0.15) is 60.9 Å². The number of nitrogens with one attached hydrogen (secondary N) is 2. The molecule has 4 fully saturated rings. The molecule has 0 saturated carbocycles. The summed E-state index contributed by atoms with van der Waals surface area (Å²) in [4.78, 5) is 47.8. The van der Waals surface area contributed by atoms with Crippen LogP contribution in [0.25, 0.3) is 44.1 Å². The van der Waals surface area contributed by atoms with Crippen LogP contribution >= 0.6 is 50.7 Å². The lowest BCUT2D eigenvalue weighted by Crippen LogP contribution is -2.42. The molecule has 0 radical (unpaired) electrons. The first kappa shape index (κ1) is 64.0. The SMILES string of the molecule is Cc1cn(CC2CCN(C(=O)OC(C)(C)C)CC2)c2ncnc(Cl)c12.Cc1cn(CC2CCN(S(C)(=O)=O)CC2)c2nc(N)nc(Cl)c12.Cc1cn(CC2CCNCC2)c2nc(N)nc(Cl)c12.Cc1cn(CC2CCNCC2)c2ncnc(Br)c12. The normalized spacial score (nSPS) is 17.2. The molecular formula is C58H80BrCl3N18O4S. The summed E-state index contributed by atoms with van der Waals surface area (Å²) in [6, 6.07) is 0. The number of carbonyl (C=O) groups is 1. The van der Waals surface area contributed by atoms with Gasteiger partial charge in [0.15, 0.2) is 0 Å². The van der Waals surface area contributed by atoms with Crippen molar-refractivity contribution in [2.45, 2.75) is 132 Å². The van der Waals surface area contributed by atoms with Crippen LogP contribution in [0.5, 0.6) is 0 Å². The van der Waals surface area contributed by atoms with Crippen molar-refractivity contribution in [2.24, 2.45) is 23.7 Å². The van der Waals surface area contributed by atoms with Crippen LogP contribution in [0.4, 0.5) is 16.7 Å². The first-order valence-electron chi connectivity index (χ1n) is 29.2. The number of hydrogen-bond donors (Lipinski definition) is 4. The fourth-order valence-electron chi connectivity index (χ4n) is 12.1. The van der Waals surface area contributed by atoms with Crippen LogP contribution in [0.2, 0.25) is 15.5 Å². The van der Waals surface area contributed by atoms with Gasteiger partial charge in [-0.3, -0.25) is 0 Å². The fraction of sp³-hybridized carbons (Fsp3) is 0.569. The van der Waals surface area contributed by atoms with Gasteiger partial charge in [-0.25, -0.2) is 47.4 Å². The van der Waals surface area contributed by atoms with E-state index in [9.17, 15) is 13.2 Å². The Balaban J connectivity index is 0.000000137. The van der Waals surface area contributed by atoms with E-state index in [4.69, 9.17) is 51.0 Å². The van der Waals surface area contributed by atoms with Gasteiger partial charge in [0.25, 0.3) is 0 Å². The molecule has 460 valence electrons. The largest absolute Gasteiger partial charge is 0.444 e. The molecule has 0 bridgehead atoms. The summed E-state index contributed by atoms with van der Waals surface area (Å²) >= 11 is 22.1. The molecule has 6 N–H and O–H groups in total. The van der Waals surface area contributed by atoms with Gasteiger partial charge in [-0.2, -0.15) is 9.97 Å². The van der Waals surface area contributed by atoms with E-state index in [0.717, 1.165) is 162 Å². The molecule has 1 amide bonds. The summed E-state index contributed by atoms with van der Waals surface area (Å²) < 4.78 is 39.7. The van der Waals surface area contributed by atoms with Crippen molar-refractivity contribution in [1.29, 1.82) is 0 Å². The zero-order valence-electron chi connectivity index (χ0n) is 49.9. The van der Waals surface area contributed by atoms with Crippen molar-refractivity contribution >= 4 is 123 Å². The third kappa shape index (κ3) is 16.0. The number of nitrogen functional groups attached to an aromatic ring is 2. The predicted molar refractivity (Wildman–Crippen MR) is 341 cm³/mol. The number of amides is 1. The van der Waals surface area contributed by atoms with Crippen LogP contribution in [-0.2, 0) is 40.9 Å². The van der Waals surface area contributed by atoms with Gasteiger partial charge in [-0.15, -0.1) is 0 Å². The number of sulfonamides is 1. The molecule has 12 rings (SSSR count). The Labute approximate surface area is 520 Å². The second-order valence-electron chi connectivity index (χ2n) is 24.1. The van der Waals surface area contributed by atoms with Gasteiger partial charge in [0.05, 0.1) is 27.8 Å². The lowest BCUT2D eigenvalue weighted by Gasteiger charge is -2.33. The monoisotopic (exact) mass is 1310 g/mol. The summed E-state index contributed by atoms with van der Waals surface area (Å²) in [7, 11) is -3.09. The molecule has 0 unspecified atom stereocenters. The molecule has 12 heterocycles. The molecule has 8 aromatic rings. The quantitative estimate of drug-likeness (QED) is 0.0979. The second kappa shape index (κ2) is 27.7. The standard InChI is InChI=1S/C18H25ClN4O2.C14H20ClN5O2S.C13H17BrN4.C13H18ClN5/c1-12-9-23(16-14(12)15(19)20-11-21-16)10-13-5-7-22(8-6-13)17(24)25-18(2,3)4;1-9-7-19(13-11(9)12(15)17-14(16)18-13)8-10-3-5-20(6-4-10)23(2,21)22;1-9-6-18(7-10-2-4-15-5-3-10)13-11(9)12(14)16-8-17-13;1-8-6-19(7-9-2-4-16-5-3-9)12-10(8)11(14)17-13(15)18-12/h9,11,13H,5-8,10H2,1-4H3;7,10H,3-6,8H2,1-2H3,(H2,16,17,18);6,8,10,15H,2-5,7H2,1H3;6,9,16H,2-5,7H2,1H3,(H2,15,17,18). The van der Waals surface area contributed by atoms with Gasteiger partial charge in [0, 0.05) is 77.1 Å². The lowest BCUT2D eigenvalue weighted by atomic mass is 9.97. The molecule has 4 aliphatic rings. The number of aromatic nitrogens is 12. The van der Waals surface area contributed by atoms with Gasteiger partial charge in [-0.05, 0) is 188 Å². The number of likely N-dealkylation sites (tertiary alicyclic amines) is 1. The third-order valence-electron chi connectivity index (χ3n) is 16.4. The first-order valence-corrected chi connectivity index (χ1v) is 33.0. The van der Waals surface area contributed by atoms with Gasteiger partial charge < -0.3 is 50.0 Å². The van der Waals surface area contributed by atoms with Crippen LogP contribution in [0.1, 0.15) is 94.4 Å². The van der Waals surface area contributed by atoms with Crippen molar-refractivity contribution in [3.63, 3.8) is 0 Å². The van der Waals surface area contributed by atoms with Crippen LogP contribution < -0.4 is 22.1 Å². The van der Waals surface area contributed by atoms with Crippen LogP contribution in [0.3, 0.4) is 0 Å². The lowest BCUT2D eigenvalue weighted by molar-refractivity contribution is 0.0178. The van der Waals surface area contributed by atoms with Gasteiger partial charge in [0.2, 0.25) is 21.9 Å². The molecule has 4 saturated heterocycles. The van der Waals surface area contributed by atoms with E-state index in [1.807, 2.05) is 47.7 Å². The van der Waals surface area contributed by atoms with Crippen molar-refractivity contribution < 1.29 is 17.9 Å². The van der Waals surface area contributed by atoms with E-state index in [1.54, 1.807) is 15.5 Å². The van der Waals surface area contributed by atoms with E-state index < -0.39 is 15.6 Å². The number of piperidine rings is 4. The van der Waals surface area contributed by atoms with E-state index in [-0.39, 0.29) is 18.0 Å². The minimum Gasteiger partial charge on any atom is -0.444 e. The number of halogens is 4. The Bertz CT molecular complexity index is 3740. The van der Waals surface area contributed by atoms with E-state index in [2.05, 4.69) is 110 Å². The number of carbonyl (C=O) groups excluding carboxylic acids is 1. The van der Waals surface area contributed by atoms with Crippen LogP contribution in [0.15, 0.2) is 42.0 Å². The van der Waals surface area contributed by atoms with Gasteiger partial charge in [-0.1, -0.05) is 34.8 Å². The van der Waals surface area contributed by atoms with E-state index in [0.29, 0.717) is 46.3 Å². The molecule has 85 heavy (non-hydrogen) atoms. The molecule has 8 aromatic heterocycles. The Kier molecular flexibility index (Phi) is 20.9. The number of nitrogens with two attached hydrogens (primary N) is 2. The minimum atomic E-state index is -3.09.